The van der Waals surface area contributed by atoms with E-state index in [1.165, 1.54) is 43.7 Å². The molecule has 5 nitrogen and oxygen atoms in total. The van der Waals surface area contributed by atoms with Crippen LogP contribution in [0.5, 0.6) is 11.5 Å². The van der Waals surface area contributed by atoms with Crippen molar-refractivity contribution in [1.29, 1.82) is 0 Å². The fourth-order valence-electron chi connectivity index (χ4n) is 6.53. The normalized spacial score (nSPS) is 24.6. The number of carbonyl (C=O) groups is 1. The lowest BCUT2D eigenvalue weighted by Gasteiger charge is -2.44. The van der Waals surface area contributed by atoms with E-state index in [4.69, 9.17) is 4.74 Å². The zero-order valence-corrected chi connectivity index (χ0v) is 19.7. The van der Waals surface area contributed by atoms with E-state index >= 15 is 0 Å². The van der Waals surface area contributed by atoms with E-state index in [9.17, 15) is 9.90 Å². The first kappa shape index (κ1) is 22.3. The van der Waals surface area contributed by atoms with Gasteiger partial charge in [0.15, 0.2) is 0 Å². The van der Waals surface area contributed by atoms with Gasteiger partial charge in [-0.2, -0.15) is 0 Å². The summed E-state index contributed by atoms with van der Waals surface area (Å²) in [5, 5.41) is 10.4. The number of ether oxygens (including phenoxy) is 1. The number of fused-ring (bicyclic) bond motifs is 2. The van der Waals surface area contributed by atoms with Crippen molar-refractivity contribution in [2.75, 3.05) is 26.7 Å². The molecule has 3 saturated heterocycles. The topological polar surface area (TPSA) is 53.0 Å². The molecule has 0 spiro atoms. The zero-order chi connectivity index (χ0) is 22.8. The Morgan fingerprint density at radius 1 is 1.03 bits per heavy atom. The quantitative estimate of drug-likeness (QED) is 0.677. The number of piperidine rings is 2. The molecule has 3 heterocycles. The molecule has 0 saturated carbocycles. The van der Waals surface area contributed by atoms with E-state index < -0.39 is 0 Å². The number of phenolic OH excluding ortho intramolecular Hbond substituents is 1. The van der Waals surface area contributed by atoms with Crippen LogP contribution in [0.3, 0.4) is 0 Å². The molecule has 2 bridgehead atoms. The smallest absolute Gasteiger partial charge is 0.257 e. The molecule has 2 aromatic rings. The number of hydrogen-bond acceptors (Lipinski definition) is 4. The first-order valence-electron chi connectivity index (χ1n) is 12.6. The van der Waals surface area contributed by atoms with E-state index in [0.29, 0.717) is 24.4 Å². The molecule has 5 rings (SSSR count). The van der Waals surface area contributed by atoms with Gasteiger partial charge in [-0.05, 0) is 74.6 Å². The number of aromatic hydroxyl groups is 1. The molecule has 2 aromatic carbocycles. The van der Waals surface area contributed by atoms with Crippen LogP contribution in [0.4, 0.5) is 0 Å². The summed E-state index contributed by atoms with van der Waals surface area (Å²) >= 11 is 0. The predicted octanol–water partition coefficient (Wildman–Crippen LogP) is 4.98. The lowest BCUT2D eigenvalue weighted by Crippen LogP contribution is -2.48. The fraction of sp³-hybridized carbons (Fsp3) is 0.536. The molecular formula is C28H36N2O3. The molecule has 5 heteroatoms. The number of nitrogens with zero attached hydrogens (tertiary/aromatic N) is 2. The van der Waals surface area contributed by atoms with Crippen molar-refractivity contribution in [3.63, 3.8) is 0 Å². The molecule has 0 unspecified atom stereocenters. The Balaban J connectivity index is 1.30. The summed E-state index contributed by atoms with van der Waals surface area (Å²) in [7, 11) is 1.55. The van der Waals surface area contributed by atoms with Crippen LogP contribution in [0.1, 0.15) is 67.3 Å². The van der Waals surface area contributed by atoms with Gasteiger partial charge in [-0.15, -0.1) is 0 Å². The summed E-state index contributed by atoms with van der Waals surface area (Å²) in [5.74, 6) is 0.447. The summed E-state index contributed by atoms with van der Waals surface area (Å²) in [5.41, 5.74) is 1.87. The lowest BCUT2D eigenvalue weighted by atomic mass is 9.70. The van der Waals surface area contributed by atoms with Crippen LogP contribution in [0.15, 0.2) is 48.5 Å². The fourth-order valence-corrected chi connectivity index (χ4v) is 6.53. The molecule has 0 aliphatic carbocycles. The number of hydrogen-bond donors (Lipinski definition) is 1. The molecule has 1 N–H and O–H groups in total. The van der Waals surface area contributed by atoms with E-state index in [1.54, 1.807) is 19.2 Å². The third-order valence-corrected chi connectivity index (χ3v) is 8.52. The number of benzene rings is 2. The van der Waals surface area contributed by atoms with Gasteiger partial charge in [0.25, 0.3) is 5.91 Å². The summed E-state index contributed by atoms with van der Waals surface area (Å²) in [6, 6.07) is 17.4. The molecule has 33 heavy (non-hydrogen) atoms. The zero-order valence-electron chi connectivity index (χ0n) is 19.7. The van der Waals surface area contributed by atoms with Gasteiger partial charge in [0, 0.05) is 31.2 Å². The molecular weight excluding hydrogens is 412 g/mol. The molecule has 2 atom stereocenters. The molecule has 3 fully saturated rings. The molecule has 3 aliphatic rings. The first-order valence-corrected chi connectivity index (χ1v) is 12.6. The minimum Gasteiger partial charge on any atom is -0.507 e. The maximum atomic E-state index is 13.2. The average molecular weight is 449 g/mol. The Kier molecular flexibility index (Phi) is 6.33. The number of carbonyl (C=O) groups excluding carboxylic acids is 1. The van der Waals surface area contributed by atoms with Crippen molar-refractivity contribution < 1.29 is 14.6 Å². The number of amides is 1. The van der Waals surface area contributed by atoms with Crippen molar-refractivity contribution in [3.05, 3.63) is 59.7 Å². The van der Waals surface area contributed by atoms with Gasteiger partial charge in [0.2, 0.25) is 0 Å². The van der Waals surface area contributed by atoms with E-state index in [-0.39, 0.29) is 17.1 Å². The highest BCUT2D eigenvalue weighted by atomic mass is 16.5. The summed E-state index contributed by atoms with van der Waals surface area (Å²) in [4.78, 5) is 17.9. The predicted molar refractivity (Wildman–Crippen MR) is 130 cm³/mol. The Morgan fingerprint density at radius 3 is 2.36 bits per heavy atom. The minimum absolute atomic E-state index is 0.0141. The number of likely N-dealkylation sites (tertiary alicyclic amines) is 1. The molecule has 1 amide bonds. The van der Waals surface area contributed by atoms with Crippen LogP contribution in [0, 0.1) is 0 Å². The minimum atomic E-state index is -0.0918. The highest BCUT2D eigenvalue weighted by Crippen LogP contribution is 2.42. The van der Waals surface area contributed by atoms with Gasteiger partial charge in [-0.3, -0.25) is 9.69 Å². The third kappa shape index (κ3) is 4.35. The van der Waals surface area contributed by atoms with Gasteiger partial charge in [0.1, 0.15) is 11.5 Å². The van der Waals surface area contributed by atoms with Crippen LogP contribution >= 0.6 is 0 Å². The van der Waals surface area contributed by atoms with Crippen molar-refractivity contribution in [1.82, 2.24) is 9.80 Å². The van der Waals surface area contributed by atoms with E-state index in [0.717, 1.165) is 37.9 Å². The number of rotatable bonds is 6. The van der Waals surface area contributed by atoms with Gasteiger partial charge < -0.3 is 14.7 Å². The van der Waals surface area contributed by atoms with E-state index in [2.05, 4.69) is 35.2 Å². The molecule has 176 valence electrons. The van der Waals surface area contributed by atoms with Gasteiger partial charge >= 0.3 is 0 Å². The van der Waals surface area contributed by atoms with Gasteiger partial charge in [-0.1, -0.05) is 36.8 Å². The van der Waals surface area contributed by atoms with Crippen molar-refractivity contribution in [2.45, 2.75) is 68.9 Å². The third-order valence-electron chi connectivity index (χ3n) is 8.52. The molecule has 3 aliphatic heterocycles. The Bertz CT molecular complexity index is 952. The summed E-state index contributed by atoms with van der Waals surface area (Å²) in [6.07, 6.45) is 9.94. The number of phenols is 1. The largest absolute Gasteiger partial charge is 0.507 e. The second-order valence-corrected chi connectivity index (χ2v) is 10.1. The lowest BCUT2D eigenvalue weighted by molar-refractivity contribution is 0.0624. The van der Waals surface area contributed by atoms with Crippen molar-refractivity contribution >= 4 is 5.91 Å². The summed E-state index contributed by atoms with van der Waals surface area (Å²) in [6.45, 7) is 2.59. The SMILES string of the molecule is COc1ccc(C(=O)N2CCC(CCN3[C@@H]4CCC[C@H]3CC4)(c3ccccc3)CC2)c(O)c1. The number of methoxy groups -OCH3 is 1. The second kappa shape index (κ2) is 9.38. The first-order chi connectivity index (χ1) is 16.1. The highest BCUT2D eigenvalue weighted by molar-refractivity contribution is 5.97. The summed E-state index contributed by atoms with van der Waals surface area (Å²) < 4.78 is 5.16. The van der Waals surface area contributed by atoms with E-state index in [1.807, 2.05) is 4.90 Å². The Morgan fingerprint density at radius 2 is 1.73 bits per heavy atom. The monoisotopic (exact) mass is 448 g/mol. The van der Waals surface area contributed by atoms with Crippen LogP contribution in [0.25, 0.3) is 0 Å². The Labute approximate surface area is 197 Å². The maximum Gasteiger partial charge on any atom is 0.257 e. The van der Waals surface area contributed by atoms with Crippen molar-refractivity contribution in [3.8, 4) is 11.5 Å². The standard InChI is InChI=1S/C28H36N2O3/c1-33-24-12-13-25(26(31)20-24)27(32)29-17-14-28(15-18-29,21-6-3-2-4-7-21)16-19-30-22-8-5-9-23(30)11-10-22/h2-4,6-7,12-13,20,22-23,31H,5,8-11,14-19H2,1H3/t22-,23+. The van der Waals surface area contributed by atoms with Gasteiger partial charge in [-0.25, -0.2) is 0 Å². The highest BCUT2D eigenvalue weighted by Gasteiger charge is 2.41. The molecule has 0 aromatic heterocycles. The van der Waals surface area contributed by atoms with Gasteiger partial charge in [0.05, 0.1) is 12.7 Å². The van der Waals surface area contributed by atoms with Crippen molar-refractivity contribution in [2.24, 2.45) is 0 Å². The average Bonchev–Trinajstić information content (AvgIpc) is 3.08. The Hall–Kier alpha value is -2.53. The van der Waals surface area contributed by atoms with Crippen LogP contribution in [-0.2, 0) is 5.41 Å². The van der Waals surface area contributed by atoms with Crippen LogP contribution in [0.2, 0.25) is 0 Å². The second-order valence-electron chi connectivity index (χ2n) is 10.1. The molecule has 0 radical (unpaired) electrons. The van der Waals surface area contributed by atoms with Crippen LogP contribution < -0.4 is 4.74 Å². The van der Waals surface area contributed by atoms with Crippen LogP contribution in [-0.4, -0.2) is 59.6 Å². The maximum absolute atomic E-state index is 13.2.